The van der Waals surface area contributed by atoms with E-state index < -0.39 is 28.4 Å². The van der Waals surface area contributed by atoms with Gasteiger partial charge in [-0.05, 0) is 30.3 Å². The molecule has 1 aliphatic rings. The Morgan fingerprint density at radius 3 is 2.50 bits per heavy atom. The highest BCUT2D eigenvalue weighted by Crippen LogP contribution is 2.43. The molecule has 4 aromatic rings. The summed E-state index contributed by atoms with van der Waals surface area (Å²) >= 11 is 0. The van der Waals surface area contributed by atoms with Gasteiger partial charge in [-0.2, -0.15) is 0 Å². The number of amides is 1. The van der Waals surface area contributed by atoms with Crippen molar-refractivity contribution in [2.45, 2.75) is 12.6 Å². The van der Waals surface area contributed by atoms with Crippen molar-refractivity contribution in [2.75, 3.05) is 0 Å². The molecule has 0 bridgehead atoms. The molecule has 5 rings (SSSR count). The number of benzene rings is 2. The fourth-order valence-corrected chi connectivity index (χ4v) is 4.42. The number of aliphatic hydroxyl groups excluding tert-OH is 1. The minimum atomic E-state index is -0.883. The predicted octanol–water partition coefficient (Wildman–Crippen LogP) is 4.30. The fraction of sp³-hybridized carbons (Fsp3) is 0.120. The highest BCUT2D eigenvalue weighted by Gasteiger charge is 2.47. The number of aliphatic hydroxyl groups is 1. The number of aryl methyl sites for hydroxylation is 1. The SMILES string of the molecule is Cn1cc(C2/C(=C(\O)c3ccc([N+](=O)[O-])cc3)C(=O)C(=O)N2Cc2ccco2)c2ccccc21. The van der Waals surface area contributed by atoms with E-state index in [1.165, 1.54) is 35.4 Å². The van der Waals surface area contributed by atoms with E-state index in [1.807, 2.05) is 42.1 Å². The van der Waals surface area contributed by atoms with Crippen LogP contribution < -0.4 is 0 Å². The van der Waals surface area contributed by atoms with Crippen molar-refractivity contribution in [1.29, 1.82) is 0 Å². The van der Waals surface area contributed by atoms with Gasteiger partial charge in [0.2, 0.25) is 0 Å². The van der Waals surface area contributed by atoms with Crippen molar-refractivity contribution in [3.8, 4) is 0 Å². The molecule has 0 spiro atoms. The number of para-hydroxylation sites is 1. The van der Waals surface area contributed by atoms with Crippen LogP contribution in [0.1, 0.15) is 22.9 Å². The van der Waals surface area contributed by atoms with Crippen molar-refractivity contribution < 1.29 is 24.0 Å². The third-order valence-corrected chi connectivity index (χ3v) is 6.02. The zero-order valence-corrected chi connectivity index (χ0v) is 18.0. The molecule has 1 aliphatic heterocycles. The van der Waals surface area contributed by atoms with Gasteiger partial charge in [0, 0.05) is 47.4 Å². The van der Waals surface area contributed by atoms with Gasteiger partial charge in [-0.25, -0.2) is 0 Å². The van der Waals surface area contributed by atoms with Crippen LogP contribution >= 0.6 is 0 Å². The van der Waals surface area contributed by atoms with E-state index in [4.69, 9.17) is 4.42 Å². The molecule has 2 aromatic carbocycles. The summed E-state index contributed by atoms with van der Waals surface area (Å²) in [4.78, 5) is 38.2. The minimum Gasteiger partial charge on any atom is -0.507 e. The second kappa shape index (κ2) is 8.04. The van der Waals surface area contributed by atoms with Gasteiger partial charge in [0.1, 0.15) is 11.5 Å². The molecule has 170 valence electrons. The van der Waals surface area contributed by atoms with E-state index in [2.05, 4.69) is 0 Å². The van der Waals surface area contributed by atoms with Gasteiger partial charge in [0.25, 0.3) is 17.4 Å². The largest absolute Gasteiger partial charge is 0.507 e. The van der Waals surface area contributed by atoms with Crippen molar-refractivity contribution in [2.24, 2.45) is 7.05 Å². The van der Waals surface area contributed by atoms with Gasteiger partial charge >= 0.3 is 0 Å². The summed E-state index contributed by atoms with van der Waals surface area (Å²) in [6, 6.07) is 15.3. The maximum absolute atomic E-state index is 13.2. The van der Waals surface area contributed by atoms with E-state index in [0.29, 0.717) is 11.3 Å². The molecule has 1 N–H and O–H groups in total. The molecule has 1 fully saturated rings. The number of nitro benzene ring substituents is 1. The number of Topliss-reactive ketones (excluding diaryl/α,β-unsaturated/α-hetero) is 1. The predicted molar refractivity (Wildman–Crippen MR) is 123 cm³/mol. The Balaban J connectivity index is 1.71. The first kappa shape index (κ1) is 21.2. The number of hydrogen-bond donors (Lipinski definition) is 1. The lowest BCUT2D eigenvalue weighted by Crippen LogP contribution is -2.29. The normalized spacial score (nSPS) is 17.6. The average Bonchev–Trinajstić information content (AvgIpc) is 3.53. The monoisotopic (exact) mass is 457 g/mol. The van der Waals surface area contributed by atoms with Crippen molar-refractivity contribution in [3.63, 3.8) is 0 Å². The molecule has 2 aromatic heterocycles. The highest BCUT2D eigenvalue weighted by atomic mass is 16.6. The van der Waals surface area contributed by atoms with Crippen LogP contribution in [0.25, 0.3) is 16.7 Å². The maximum atomic E-state index is 13.2. The van der Waals surface area contributed by atoms with Crippen LogP contribution in [0.15, 0.2) is 83.1 Å². The van der Waals surface area contributed by atoms with E-state index in [-0.39, 0.29) is 23.4 Å². The Kier molecular flexibility index (Phi) is 5.01. The van der Waals surface area contributed by atoms with Gasteiger partial charge in [0.15, 0.2) is 0 Å². The molecule has 0 saturated carbocycles. The summed E-state index contributed by atoms with van der Waals surface area (Å²) < 4.78 is 7.31. The summed E-state index contributed by atoms with van der Waals surface area (Å²) in [5.41, 5.74) is 1.54. The van der Waals surface area contributed by atoms with Crippen LogP contribution in [0.3, 0.4) is 0 Å². The number of carbonyl (C=O) groups excluding carboxylic acids is 2. The Hall–Kier alpha value is -4.66. The van der Waals surface area contributed by atoms with Crippen LogP contribution in [-0.2, 0) is 23.2 Å². The lowest BCUT2D eigenvalue weighted by atomic mass is 9.95. The second-order valence-corrected chi connectivity index (χ2v) is 8.02. The molecule has 0 aliphatic carbocycles. The van der Waals surface area contributed by atoms with E-state index in [0.717, 1.165) is 10.9 Å². The topological polar surface area (TPSA) is 119 Å². The van der Waals surface area contributed by atoms with Crippen LogP contribution in [0.4, 0.5) is 5.69 Å². The number of aromatic nitrogens is 1. The van der Waals surface area contributed by atoms with Crippen LogP contribution in [0, 0.1) is 10.1 Å². The fourth-order valence-electron chi connectivity index (χ4n) is 4.42. The number of carbonyl (C=O) groups is 2. The van der Waals surface area contributed by atoms with Gasteiger partial charge in [0.05, 0.1) is 29.3 Å². The average molecular weight is 457 g/mol. The van der Waals surface area contributed by atoms with Gasteiger partial charge in [-0.15, -0.1) is 0 Å². The third-order valence-electron chi connectivity index (χ3n) is 6.02. The molecule has 3 heterocycles. The quantitative estimate of drug-likeness (QED) is 0.157. The Morgan fingerprint density at radius 1 is 1.09 bits per heavy atom. The number of hydrogen-bond acceptors (Lipinski definition) is 6. The molecule has 1 unspecified atom stereocenters. The lowest BCUT2D eigenvalue weighted by molar-refractivity contribution is -0.384. The number of ketones is 1. The Morgan fingerprint density at radius 2 is 1.82 bits per heavy atom. The minimum absolute atomic E-state index is 0.0303. The van der Waals surface area contributed by atoms with Crippen LogP contribution in [0.2, 0.25) is 0 Å². The first-order valence-corrected chi connectivity index (χ1v) is 10.5. The summed E-state index contributed by atoms with van der Waals surface area (Å²) in [6.07, 6.45) is 3.31. The number of non-ortho nitro benzene ring substituents is 1. The summed E-state index contributed by atoms with van der Waals surface area (Å²) in [7, 11) is 1.86. The molecule has 0 radical (unpaired) electrons. The number of nitrogens with zero attached hydrogens (tertiary/aromatic N) is 3. The van der Waals surface area contributed by atoms with E-state index in [9.17, 15) is 24.8 Å². The molecule has 9 nitrogen and oxygen atoms in total. The number of nitro groups is 1. The molecule has 34 heavy (non-hydrogen) atoms. The zero-order valence-electron chi connectivity index (χ0n) is 18.0. The van der Waals surface area contributed by atoms with Crippen molar-refractivity contribution in [3.05, 3.63) is 106 Å². The van der Waals surface area contributed by atoms with Gasteiger partial charge in [-0.1, -0.05) is 18.2 Å². The van der Waals surface area contributed by atoms with E-state index >= 15 is 0 Å². The van der Waals surface area contributed by atoms with Crippen molar-refractivity contribution >= 4 is 34.0 Å². The standard InChI is InChI=1S/C25H19N3O6/c1-26-14-19(18-6-2-3-7-20(18)26)22-21(23(29)15-8-10-16(11-9-15)28(32)33)24(30)25(31)27(22)13-17-5-4-12-34-17/h2-12,14,22,29H,13H2,1H3/b23-21+. The first-order chi connectivity index (χ1) is 16.4. The number of likely N-dealkylation sites (tertiary alicyclic amines) is 1. The number of fused-ring (bicyclic) bond motifs is 1. The Labute approximate surface area is 193 Å². The molecule has 1 saturated heterocycles. The summed E-state index contributed by atoms with van der Waals surface area (Å²) in [6.45, 7) is 0.0303. The lowest BCUT2D eigenvalue weighted by Gasteiger charge is -2.24. The maximum Gasteiger partial charge on any atom is 0.296 e. The van der Waals surface area contributed by atoms with E-state index in [1.54, 1.807) is 12.1 Å². The second-order valence-electron chi connectivity index (χ2n) is 8.02. The number of furan rings is 1. The summed E-state index contributed by atoms with van der Waals surface area (Å²) in [5.74, 6) is -1.51. The van der Waals surface area contributed by atoms with Gasteiger partial charge in [-0.3, -0.25) is 19.7 Å². The molecular weight excluding hydrogens is 438 g/mol. The molecule has 1 amide bonds. The number of rotatable bonds is 5. The van der Waals surface area contributed by atoms with Crippen molar-refractivity contribution in [1.82, 2.24) is 9.47 Å². The highest BCUT2D eigenvalue weighted by molar-refractivity contribution is 6.46. The third kappa shape index (κ3) is 3.34. The summed E-state index contributed by atoms with van der Waals surface area (Å²) in [5, 5.41) is 23.0. The smallest absolute Gasteiger partial charge is 0.296 e. The Bertz CT molecular complexity index is 1460. The zero-order chi connectivity index (χ0) is 24.0. The molecule has 9 heteroatoms. The van der Waals surface area contributed by atoms with Gasteiger partial charge < -0.3 is 19.0 Å². The first-order valence-electron chi connectivity index (χ1n) is 10.5. The van der Waals surface area contributed by atoms with Crippen LogP contribution in [0.5, 0.6) is 0 Å². The molecular formula is C25H19N3O6. The molecule has 1 atom stereocenters. The van der Waals surface area contributed by atoms with Crippen LogP contribution in [-0.4, -0.2) is 31.2 Å².